The molecule has 2 aromatic rings. The fourth-order valence-corrected chi connectivity index (χ4v) is 4.08. The van der Waals surface area contributed by atoms with Crippen molar-refractivity contribution in [2.24, 2.45) is 5.41 Å². The van der Waals surface area contributed by atoms with Gasteiger partial charge in [0.25, 0.3) is 11.8 Å². The fourth-order valence-electron chi connectivity index (χ4n) is 4.08. The second-order valence-corrected chi connectivity index (χ2v) is 9.07. The molecule has 3 N–H and O–H groups in total. The van der Waals surface area contributed by atoms with Crippen LogP contribution in [0.3, 0.4) is 0 Å². The number of aromatic nitrogens is 2. The number of hydrogen-bond acceptors (Lipinski definition) is 5. The van der Waals surface area contributed by atoms with E-state index in [-0.39, 0.29) is 13.0 Å². The van der Waals surface area contributed by atoms with E-state index in [1.807, 2.05) is 26.0 Å². The highest BCUT2D eigenvalue weighted by atomic mass is 19.1. The molecule has 8 nitrogen and oxygen atoms in total. The molecule has 9 heteroatoms. The standard InChI is InChI=1S/C22H29FN4O4/c1-14(15-6-8-16(9-7-15)27-11-5-10-24-27)25-19(30)17(28)18(29)20(31)26-13-21(2,3)12-22(26,4)23/h5-11,14,17-18,28-29H,12-13H2,1-4H3,(H,25,30)/t14-,17-,18-,22-/m1/s1. The average Bonchev–Trinajstić information content (AvgIpc) is 3.31. The van der Waals surface area contributed by atoms with Crippen LogP contribution in [0.25, 0.3) is 5.69 Å². The van der Waals surface area contributed by atoms with Crippen LogP contribution in [0.5, 0.6) is 0 Å². The summed E-state index contributed by atoms with van der Waals surface area (Å²) in [5.41, 5.74) is 1.13. The number of alkyl halides is 1. The number of rotatable bonds is 6. The molecule has 1 aromatic heterocycles. The molecule has 2 heterocycles. The Balaban J connectivity index is 1.62. The third kappa shape index (κ3) is 4.94. The summed E-state index contributed by atoms with van der Waals surface area (Å²) < 4.78 is 16.5. The first kappa shape index (κ1) is 22.9. The van der Waals surface area contributed by atoms with Gasteiger partial charge in [0.1, 0.15) is 0 Å². The first-order valence-corrected chi connectivity index (χ1v) is 10.2. The Morgan fingerprint density at radius 3 is 2.32 bits per heavy atom. The smallest absolute Gasteiger partial charge is 0.257 e. The topological polar surface area (TPSA) is 108 Å². The second kappa shape index (κ2) is 8.39. The predicted molar refractivity (Wildman–Crippen MR) is 112 cm³/mol. The highest BCUT2D eigenvalue weighted by molar-refractivity contribution is 5.91. The fraction of sp³-hybridized carbons (Fsp3) is 0.500. The Labute approximate surface area is 180 Å². The molecule has 0 spiro atoms. The first-order valence-electron chi connectivity index (χ1n) is 10.2. The number of aliphatic hydroxyl groups is 2. The number of halogens is 1. The molecule has 2 amide bonds. The summed E-state index contributed by atoms with van der Waals surface area (Å²) >= 11 is 0. The van der Waals surface area contributed by atoms with Gasteiger partial charge in [0.15, 0.2) is 18.0 Å². The Bertz CT molecular complexity index is 927. The van der Waals surface area contributed by atoms with Crippen molar-refractivity contribution in [2.75, 3.05) is 6.54 Å². The van der Waals surface area contributed by atoms with E-state index in [1.54, 1.807) is 42.2 Å². The lowest BCUT2D eigenvalue weighted by atomic mass is 9.90. The van der Waals surface area contributed by atoms with Gasteiger partial charge in [-0.15, -0.1) is 0 Å². The molecule has 1 aromatic carbocycles. The van der Waals surface area contributed by atoms with Gasteiger partial charge in [-0.05, 0) is 43.0 Å². The average molecular weight is 432 g/mol. The minimum absolute atomic E-state index is 0.0865. The molecule has 0 unspecified atom stereocenters. The SMILES string of the molecule is C[C@@H](NC(=O)[C@H](O)[C@@H](O)C(=O)N1CC(C)(C)C[C@]1(C)F)c1ccc(-n2cccn2)cc1. The third-order valence-corrected chi connectivity index (χ3v) is 5.56. The highest BCUT2D eigenvalue weighted by Gasteiger charge is 2.51. The number of carbonyl (C=O) groups excluding carboxylic acids is 2. The minimum atomic E-state index is -2.06. The molecule has 0 bridgehead atoms. The van der Waals surface area contributed by atoms with Crippen LogP contribution in [0.1, 0.15) is 45.7 Å². The quantitative estimate of drug-likeness (QED) is 0.603. The van der Waals surface area contributed by atoms with Crippen molar-refractivity contribution in [3.05, 3.63) is 48.3 Å². The number of hydrogen-bond donors (Lipinski definition) is 3. The number of nitrogens with zero attached hydrogens (tertiary/aromatic N) is 3. The Morgan fingerprint density at radius 2 is 1.81 bits per heavy atom. The van der Waals surface area contributed by atoms with Crippen molar-refractivity contribution in [2.45, 2.75) is 58.2 Å². The van der Waals surface area contributed by atoms with E-state index in [0.29, 0.717) is 0 Å². The van der Waals surface area contributed by atoms with Crippen LogP contribution in [0.4, 0.5) is 4.39 Å². The van der Waals surface area contributed by atoms with E-state index in [9.17, 15) is 24.2 Å². The largest absolute Gasteiger partial charge is 0.380 e. The van der Waals surface area contributed by atoms with Gasteiger partial charge < -0.3 is 20.4 Å². The lowest BCUT2D eigenvalue weighted by molar-refractivity contribution is -0.160. The van der Waals surface area contributed by atoms with Gasteiger partial charge in [0.2, 0.25) is 0 Å². The van der Waals surface area contributed by atoms with Gasteiger partial charge in [-0.1, -0.05) is 26.0 Å². The van der Waals surface area contributed by atoms with Gasteiger partial charge in [0.05, 0.1) is 11.7 Å². The summed E-state index contributed by atoms with van der Waals surface area (Å²) in [5, 5.41) is 27.2. The summed E-state index contributed by atoms with van der Waals surface area (Å²) in [6.07, 6.45) is -0.499. The van der Waals surface area contributed by atoms with Gasteiger partial charge >= 0.3 is 0 Å². The number of amides is 2. The van der Waals surface area contributed by atoms with E-state index >= 15 is 0 Å². The van der Waals surface area contributed by atoms with Crippen LogP contribution in [0.2, 0.25) is 0 Å². The summed E-state index contributed by atoms with van der Waals surface area (Å²) in [7, 11) is 0. The number of benzene rings is 1. The molecular formula is C22H29FN4O4. The number of nitrogens with one attached hydrogen (secondary N) is 1. The molecule has 0 radical (unpaired) electrons. The van der Waals surface area contributed by atoms with Crippen LogP contribution >= 0.6 is 0 Å². The molecule has 31 heavy (non-hydrogen) atoms. The number of carbonyl (C=O) groups is 2. The van der Waals surface area contributed by atoms with Gasteiger partial charge in [-0.2, -0.15) is 5.10 Å². The van der Waals surface area contributed by atoms with E-state index in [1.165, 1.54) is 6.92 Å². The maximum Gasteiger partial charge on any atom is 0.257 e. The molecular weight excluding hydrogens is 403 g/mol. The summed E-state index contributed by atoms with van der Waals surface area (Å²) in [6.45, 7) is 6.68. The Morgan fingerprint density at radius 1 is 1.16 bits per heavy atom. The lowest BCUT2D eigenvalue weighted by Gasteiger charge is -2.30. The van der Waals surface area contributed by atoms with E-state index < -0.39 is 41.3 Å². The third-order valence-electron chi connectivity index (χ3n) is 5.56. The predicted octanol–water partition coefficient (Wildman–Crippen LogP) is 1.72. The van der Waals surface area contributed by atoms with Gasteiger partial charge in [0, 0.05) is 25.4 Å². The second-order valence-electron chi connectivity index (χ2n) is 9.07. The van der Waals surface area contributed by atoms with Crippen molar-refractivity contribution in [1.29, 1.82) is 0 Å². The summed E-state index contributed by atoms with van der Waals surface area (Å²) in [4.78, 5) is 25.9. The Hall–Kier alpha value is -2.78. The zero-order valence-corrected chi connectivity index (χ0v) is 18.1. The zero-order chi connectivity index (χ0) is 23.0. The summed E-state index contributed by atoms with van der Waals surface area (Å²) in [6, 6.07) is 8.58. The lowest BCUT2D eigenvalue weighted by Crippen LogP contribution is -2.54. The maximum absolute atomic E-state index is 14.8. The molecule has 168 valence electrons. The summed E-state index contributed by atoms with van der Waals surface area (Å²) in [5.74, 6) is -3.88. The normalized spacial score (nSPS) is 23.3. The molecule has 4 atom stereocenters. The van der Waals surface area contributed by atoms with Crippen LogP contribution in [0, 0.1) is 5.41 Å². The van der Waals surface area contributed by atoms with Crippen molar-refractivity contribution < 1.29 is 24.2 Å². The zero-order valence-electron chi connectivity index (χ0n) is 18.1. The highest BCUT2D eigenvalue weighted by Crippen LogP contribution is 2.42. The van der Waals surface area contributed by atoms with E-state index in [0.717, 1.165) is 16.2 Å². The van der Waals surface area contributed by atoms with Gasteiger partial charge in [-0.25, -0.2) is 9.07 Å². The van der Waals surface area contributed by atoms with Crippen molar-refractivity contribution in [3.63, 3.8) is 0 Å². The molecule has 1 aliphatic rings. The molecule has 3 rings (SSSR count). The number of likely N-dealkylation sites (tertiary alicyclic amines) is 1. The van der Waals surface area contributed by atoms with Crippen LogP contribution < -0.4 is 5.32 Å². The van der Waals surface area contributed by atoms with Crippen LogP contribution in [-0.2, 0) is 9.59 Å². The molecule has 1 fully saturated rings. The van der Waals surface area contributed by atoms with Crippen LogP contribution in [0.15, 0.2) is 42.7 Å². The molecule has 1 aliphatic heterocycles. The molecule has 0 aliphatic carbocycles. The Kier molecular flexibility index (Phi) is 6.20. The first-order chi connectivity index (χ1) is 14.4. The van der Waals surface area contributed by atoms with Crippen molar-refractivity contribution >= 4 is 11.8 Å². The van der Waals surface area contributed by atoms with Gasteiger partial charge in [-0.3, -0.25) is 9.59 Å². The van der Waals surface area contributed by atoms with E-state index in [2.05, 4.69) is 10.4 Å². The molecule has 1 saturated heterocycles. The minimum Gasteiger partial charge on any atom is -0.380 e. The van der Waals surface area contributed by atoms with Crippen molar-refractivity contribution in [3.8, 4) is 5.69 Å². The molecule has 0 saturated carbocycles. The maximum atomic E-state index is 14.8. The van der Waals surface area contributed by atoms with Crippen molar-refractivity contribution in [1.82, 2.24) is 20.0 Å². The van der Waals surface area contributed by atoms with Crippen LogP contribution in [-0.4, -0.2) is 61.3 Å². The monoisotopic (exact) mass is 432 g/mol. The van der Waals surface area contributed by atoms with E-state index in [4.69, 9.17) is 0 Å². The number of aliphatic hydroxyl groups excluding tert-OH is 2.